The Morgan fingerprint density at radius 3 is 2.67 bits per heavy atom. The SMILES string of the molecule is CS(=O)(=O)N1CCCC1C1CCCNC1. The zero-order chi connectivity index (χ0) is 10.9. The van der Waals surface area contributed by atoms with E-state index >= 15 is 0 Å². The van der Waals surface area contributed by atoms with Crippen molar-refractivity contribution in [3.8, 4) is 0 Å². The van der Waals surface area contributed by atoms with Gasteiger partial charge >= 0.3 is 0 Å². The van der Waals surface area contributed by atoms with E-state index in [1.54, 1.807) is 4.31 Å². The Hall–Kier alpha value is -0.130. The highest BCUT2D eigenvalue weighted by molar-refractivity contribution is 7.88. The molecule has 0 aromatic heterocycles. The highest BCUT2D eigenvalue weighted by Crippen LogP contribution is 2.29. The summed E-state index contributed by atoms with van der Waals surface area (Å²) in [4.78, 5) is 0. The number of sulfonamides is 1. The van der Waals surface area contributed by atoms with Crippen LogP contribution in [0.2, 0.25) is 0 Å². The normalized spacial score (nSPS) is 34.5. The van der Waals surface area contributed by atoms with Crippen LogP contribution in [0.4, 0.5) is 0 Å². The Kier molecular flexibility index (Phi) is 3.33. The minimum Gasteiger partial charge on any atom is -0.316 e. The van der Waals surface area contributed by atoms with Crippen LogP contribution < -0.4 is 5.32 Å². The van der Waals surface area contributed by atoms with Crippen LogP contribution in [0, 0.1) is 5.92 Å². The van der Waals surface area contributed by atoms with Gasteiger partial charge in [-0.15, -0.1) is 0 Å². The first-order valence-corrected chi connectivity index (χ1v) is 7.61. The first-order chi connectivity index (χ1) is 7.09. The van der Waals surface area contributed by atoms with E-state index in [0.717, 1.165) is 32.5 Å². The van der Waals surface area contributed by atoms with Crippen molar-refractivity contribution in [2.75, 3.05) is 25.9 Å². The van der Waals surface area contributed by atoms with Crippen LogP contribution in [0.5, 0.6) is 0 Å². The maximum atomic E-state index is 11.6. The van der Waals surface area contributed by atoms with E-state index in [1.807, 2.05) is 0 Å². The molecule has 5 heteroatoms. The van der Waals surface area contributed by atoms with Crippen molar-refractivity contribution < 1.29 is 8.42 Å². The number of hydrogen-bond acceptors (Lipinski definition) is 3. The molecule has 88 valence electrons. The minimum atomic E-state index is -3.00. The largest absolute Gasteiger partial charge is 0.316 e. The van der Waals surface area contributed by atoms with Gasteiger partial charge in [-0.25, -0.2) is 8.42 Å². The van der Waals surface area contributed by atoms with Crippen LogP contribution in [0.3, 0.4) is 0 Å². The van der Waals surface area contributed by atoms with Crippen LogP contribution in [0.15, 0.2) is 0 Å². The molecule has 0 aromatic rings. The number of piperidine rings is 1. The van der Waals surface area contributed by atoms with Crippen molar-refractivity contribution >= 4 is 10.0 Å². The van der Waals surface area contributed by atoms with Gasteiger partial charge in [0, 0.05) is 12.6 Å². The molecule has 1 N–H and O–H groups in total. The van der Waals surface area contributed by atoms with E-state index in [0.29, 0.717) is 5.92 Å². The zero-order valence-corrected chi connectivity index (χ0v) is 10.1. The molecule has 0 amide bonds. The topological polar surface area (TPSA) is 49.4 Å². The molecule has 2 heterocycles. The standard InChI is InChI=1S/C10H20N2O2S/c1-15(13,14)12-7-3-5-10(12)9-4-2-6-11-8-9/h9-11H,2-8H2,1H3. The summed E-state index contributed by atoms with van der Waals surface area (Å²) in [6, 6.07) is 0.257. The third-order valence-electron chi connectivity index (χ3n) is 3.55. The summed E-state index contributed by atoms with van der Waals surface area (Å²) in [5.41, 5.74) is 0. The smallest absolute Gasteiger partial charge is 0.211 e. The van der Waals surface area contributed by atoms with Crippen LogP contribution in [0.25, 0.3) is 0 Å². The second kappa shape index (κ2) is 4.39. The second-order valence-electron chi connectivity index (χ2n) is 4.69. The molecule has 0 aromatic carbocycles. The third-order valence-corrected chi connectivity index (χ3v) is 4.86. The molecule has 0 saturated carbocycles. The van der Waals surface area contributed by atoms with E-state index < -0.39 is 10.0 Å². The highest BCUT2D eigenvalue weighted by Gasteiger charge is 2.36. The molecule has 0 bridgehead atoms. The van der Waals surface area contributed by atoms with E-state index in [1.165, 1.54) is 19.1 Å². The molecular formula is C10H20N2O2S. The first-order valence-electron chi connectivity index (χ1n) is 5.76. The lowest BCUT2D eigenvalue weighted by atomic mass is 9.91. The Bertz CT molecular complexity index is 309. The maximum absolute atomic E-state index is 11.6. The van der Waals surface area contributed by atoms with E-state index in [-0.39, 0.29) is 6.04 Å². The fraction of sp³-hybridized carbons (Fsp3) is 1.00. The van der Waals surface area contributed by atoms with Crippen molar-refractivity contribution in [3.63, 3.8) is 0 Å². The molecule has 2 aliphatic rings. The lowest BCUT2D eigenvalue weighted by Crippen LogP contribution is -2.45. The summed E-state index contributed by atoms with van der Waals surface area (Å²) in [5, 5.41) is 3.36. The Balaban J connectivity index is 2.07. The summed E-state index contributed by atoms with van der Waals surface area (Å²) < 4.78 is 24.9. The summed E-state index contributed by atoms with van der Waals surface area (Å²) in [6.07, 6.45) is 5.75. The monoisotopic (exact) mass is 232 g/mol. The van der Waals surface area contributed by atoms with Gasteiger partial charge in [0.05, 0.1) is 6.26 Å². The van der Waals surface area contributed by atoms with Gasteiger partial charge in [0.25, 0.3) is 0 Å². The first kappa shape index (κ1) is 11.4. The van der Waals surface area contributed by atoms with Crippen LogP contribution >= 0.6 is 0 Å². The lowest BCUT2D eigenvalue weighted by molar-refractivity contribution is 0.240. The van der Waals surface area contributed by atoms with Gasteiger partial charge in [-0.05, 0) is 44.7 Å². The van der Waals surface area contributed by atoms with Crippen molar-refractivity contribution in [1.82, 2.24) is 9.62 Å². The molecule has 2 rings (SSSR count). The van der Waals surface area contributed by atoms with E-state index in [2.05, 4.69) is 5.32 Å². The fourth-order valence-corrected chi connectivity index (χ4v) is 4.09. The second-order valence-corrected chi connectivity index (χ2v) is 6.62. The van der Waals surface area contributed by atoms with Gasteiger partial charge in [-0.2, -0.15) is 4.31 Å². The summed E-state index contributed by atoms with van der Waals surface area (Å²) >= 11 is 0. The van der Waals surface area contributed by atoms with Gasteiger partial charge in [0.1, 0.15) is 0 Å². The molecule has 2 fully saturated rings. The predicted molar refractivity (Wildman–Crippen MR) is 60.2 cm³/mol. The van der Waals surface area contributed by atoms with Crippen molar-refractivity contribution in [2.24, 2.45) is 5.92 Å². The molecule has 15 heavy (non-hydrogen) atoms. The molecule has 0 aliphatic carbocycles. The number of nitrogens with one attached hydrogen (secondary N) is 1. The maximum Gasteiger partial charge on any atom is 0.211 e. The quantitative estimate of drug-likeness (QED) is 0.750. The zero-order valence-electron chi connectivity index (χ0n) is 9.28. The van der Waals surface area contributed by atoms with Gasteiger partial charge in [-0.3, -0.25) is 0 Å². The summed E-state index contributed by atoms with van der Waals surface area (Å²) in [7, 11) is -3.00. The van der Waals surface area contributed by atoms with Gasteiger partial charge in [0.15, 0.2) is 0 Å². The van der Waals surface area contributed by atoms with Crippen molar-refractivity contribution in [3.05, 3.63) is 0 Å². The molecule has 2 aliphatic heterocycles. The number of rotatable bonds is 2. The van der Waals surface area contributed by atoms with E-state index in [9.17, 15) is 8.42 Å². The van der Waals surface area contributed by atoms with Crippen molar-refractivity contribution in [2.45, 2.75) is 31.7 Å². The molecular weight excluding hydrogens is 212 g/mol. The van der Waals surface area contributed by atoms with E-state index in [4.69, 9.17) is 0 Å². The lowest BCUT2D eigenvalue weighted by Gasteiger charge is -2.33. The average Bonchev–Trinajstić information content (AvgIpc) is 2.67. The Morgan fingerprint density at radius 1 is 1.27 bits per heavy atom. The third kappa shape index (κ3) is 2.52. The predicted octanol–water partition coefficient (Wildman–Crippen LogP) is 0.410. The summed E-state index contributed by atoms with van der Waals surface area (Å²) in [5.74, 6) is 0.524. The van der Waals surface area contributed by atoms with Crippen LogP contribution in [-0.4, -0.2) is 44.7 Å². The molecule has 4 nitrogen and oxygen atoms in total. The average molecular weight is 232 g/mol. The van der Waals surface area contributed by atoms with Crippen molar-refractivity contribution in [1.29, 1.82) is 0 Å². The molecule has 2 unspecified atom stereocenters. The van der Waals surface area contributed by atoms with Gasteiger partial charge in [-0.1, -0.05) is 0 Å². The van der Waals surface area contributed by atoms with Crippen LogP contribution in [0.1, 0.15) is 25.7 Å². The molecule has 2 saturated heterocycles. The highest BCUT2D eigenvalue weighted by atomic mass is 32.2. The minimum absolute atomic E-state index is 0.257. The van der Waals surface area contributed by atoms with Gasteiger partial charge < -0.3 is 5.32 Å². The fourth-order valence-electron chi connectivity index (χ4n) is 2.86. The number of hydrogen-bond donors (Lipinski definition) is 1. The van der Waals surface area contributed by atoms with Crippen LogP contribution in [-0.2, 0) is 10.0 Å². The molecule has 0 spiro atoms. The Morgan fingerprint density at radius 2 is 2.07 bits per heavy atom. The molecule has 2 atom stereocenters. The Labute approximate surface area is 92.1 Å². The molecule has 0 radical (unpaired) electrons. The summed E-state index contributed by atoms with van der Waals surface area (Å²) in [6.45, 7) is 2.79. The number of nitrogens with zero attached hydrogens (tertiary/aromatic N) is 1. The van der Waals surface area contributed by atoms with Gasteiger partial charge in [0.2, 0.25) is 10.0 Å².